The molecule has 29 heavy (non-hydrogen) atoms. The summed E-state index contributed by atoms with van der Waals surface area (Å²) in [5.74, 6) is 2.17. The number of nitro benzene ring substituents is 1. The van der Waals surface area contributed by atoms with Crippen molar-refractivity contribution < 1.29 is 19.1 Å². The number of piperidine rings is 1. The van der Waals surface area contributed by atoms with Crippen molar-refractivity contribution in [1.29, 1.82) is 0 Å². The van der Waals surface area contributed by atoms with E-state index < -0.39 is 4.92 Å². The lowest BCUT2D eigenvalue weighted by Gasteiger charge is -2.33. The van der Waals surface area contributed by atoms with Crippen LogP contribution in [0.4, 0.5) is 11.4 Å². The molecule has 0 spiro atoms. The van der Waals surface area contributed by atoms with Crippen LogP contribution in [0, 0.1) is 10.1 Å². The largest absolute Gasteiger partial charge is 0.497 e. The van der Waals surface area contributed by atoms with Gasteiger partial charge in [-0.1, -0.05) is 0 Å². The number of hydrogen-bond acceptors (Lipinski definition) is 7. The van der Waals surface area contributed by atoms with Crippen LogP contribution in [0.2, 0.25) is 0 Å². The van der Waals surface area contributed by atoms with Crippen LogP contribution in [0.1, 0.15) is 18.4 Å². The van der Waals surface area contributed by atoms with Gasteiger partial charge >= 0.3 is 0 Å². The molecule has 0 unspecified atom stereocenters. The molecule has 0 radical (unpaired) electrons. The molecule has 2 aromatic rings. The van der Waals surface area contributed by atoms with Gasteiger partial charge in [0.2, 0.25) is 0 Å². The summed E-state index contributed by atoms with van der Waals surface area (Å²) in [6, 6.07) is 10.8. The SMILES string of the molecule is COc1ccc(OC)c(CN2CCC(Nc3ccc([N+](=O)[O-])cc3OC)CC2)c1. The van der Waals surface area contributed by atoms with Gasteiger partial charge in [-0.2, -0.15) is 0 Å². The maximum atomic E-state index is 10.9. The predicted molar refractivity (Wildman–Crippen MR) is 111 cm³/mol. The van der Waals surface area contributed by atoms with Crippen LogP contribution in [-0.2, 0) is 6.54 Å². The van der Waals surface area contributed by atoms with Crippen LogP contribution >= 0.6 is 0 Å². The van der Waals surface area contributed by atoms with E-state index >= 15 is 0 Å². The van der Waals surface area contributed by atoms with Gasteiger partial charge in [-0.05, 0) is 37.1 Å². The van der Waals surface area contributed by atoms with Crippen molar-refractivity contribution in [2.24, 2.45) is 0 Å². The molecule has 0 amide bonds. The van der Waals surface area contributed by atoms with Crippen molar-refractivity contribution in [2.45, 2.75) is 25.4 Å². The second-order valence-corrected chi connectivity index (χ2v) is 7.01. The number of anilines is 1. The molecule has 2 aromatic carbocycles. The Morgan fingerprint density at radius 1 is 1.03 bits per heavy atom. The molecule has 0 atom stereocenters. The summed E-state index contributed by atoms with van der Waals surface area (Å²) < 4.78 is 16.1. The Morgan fingerprint density at radius 2 is 1.76 bits per heavy atom. The Labute approximate surface area is 170 Å². The molecule has 1 fully saturated rings. The molecular weight excluding hydrogens is 374 g/mol. The van der Waals surface area contributed by atoms with Crippen LogP contribution in [0.3, 0.4) is 0 Å². The average molecular weight is 401 g/mol. The van der Waals surface area contributed by atoms with Gasteiger partial charge in [0, 0.05) is 37.3 Å². The van der Waals surface area contributed by atoms with Crippen molar-refractivity contribution in [1.82, 2.24) is 4.90 Å². The second kappa shape index (κ2) is 9.47. The van der Waals surface area contributed by atoms with Gasteiger partial charge in [-0.25, -0.2) is 0 Å². The van der Waals surface area contributed by atoms with Crippen molar-refractivity contribution in [2.75, 3.05) is 39.7 Å². The van der Waals surface area contributed by atoms with Crippen LogP contribution in [-0.4, -0.2) is 50.3 Å². The number of ether oxygens (including phenoxy) is 3. The molecule has 3 rings (SSSR count). The molecule has 1 aliphatic heterocycles. The van der Waals surface area contributed by atoms with E-state index in [0.717, 1.165) is 55.2 Å². The molecule has 1 saturated heterocycles. The normalized spacial score (nSPS) is 15.0. The predicted octanol–water partition coefficient (Wildman–Crippen LogP) is 3.70. The average Bonchev–Trinajstić information content (AvgIpc) is 2.75. The third-order valence-electron chi connectivity index (χ3n) is 5.22. The van der Waals surface area contributed by atoms with E-state index in [1.807, 2.05) is 18.2 Å². The van der Waals surface area contributed by atoms with Gasteiger partial charge < -0.3 is 19.5 Å². The molecule has 1 aliphatic rings. The van der Waals surface area contributed by atoms with E-state index in [2.05, 4.69) is 10.2 Å². The number of likely N-dealkylation sites (tertiary alicyclic amines) is 1. The lowest BCUT2D eigenvalue weighted by atomic mass is 10.0. The Bertz CT molecular complexity index is 850. The monoisotopic (exact) mass is 401 g/mol. The topological polar surface area (TPSA) is 86.1 Å². The fourth-order valence-electron chi connectivity index (χ4n) is 3.61. The van der Waals surface area contributed by atoms with Gasteiger partial charge in [0.15, 0.2) is 0 Å². The molecule has 0 aliphatic carbocycles. The summed E-state index contributed by atoms with van der Waals surface area (Å²) in [7, 11) is 4.86. The number of non-ortho nitro benzene ring substituents is 1. The third kappa shape index (κ3) is 5.08. The molecule has 8 nitrogen and oxygen atoms in total. The molecule has 1 N–H and O–H groups in total. The summed E-state index contributed by atoms with van der Waals surface area (Å²) in [4.78, 5) is 12.9. The lowest BCUT2D eigenvalue weighted by molar-refractivity contribution is -0.384. The van der Waals surface area contributed by atoms with E-state index in [0.29, 0.717) is 5.75 Å². The zero-order valence-corrected chi connectivity index (χ0v) is 17.0. The summed E-state index contributed by atoms with van der Waals surface area (Å²) in [6.45, 7) is 2.68. The summed E-state index contributed by atoms with van der Waals surface area (Å²) in [6.07, 6.45) is 1.93. The second-order valence-electron chi connectivity index (χ2n) is 7.01. The summed E-state index contributed by atoms with van der Waals surface area (Å²) in [5.41, 5.74) is 1.91. The fourth-order valence-corrected chi connectivity index (χ4v) is 3.61. The molecular formula is C21H27N3O5. The van der Waals surface area contributed by atoms with E-state index in [9.17, 15) is 10.1 Å². The van der Waals surface area contributed by atoms with Gasteiger partial charge in [0.05, 0.1) is 38.0 Å². The first-order valence-electron chi connectivity index (χ1n) is 9.56. The molecule has 1 heterocycles. The van der Waals surface area contributed by atoms with E-state index in [1.165, 1.54) is 19.2 Å². The minimum atomic E-state index is -0.419. The van der Waals surface area contributed by atoms with Crippen LogP contribution < -0.4 is 19.5 Å². The number of nitrogens with one attached hydrogen (secondary N) is 1. The Hall–Kier alpha value is -3.00. The number of nitrogens with zero attached hydrogens (tertiary/aromatic N) is 2. The van der Waals surface area contributed by atoms with Gasteiger partial charge in [0.1, 0.15) is 17.2 Å². The van der Waals surface area contributed by atoms with E-state index in [4.69, 9.17) is 14.2 Å². The quantitative estimate of drug-likeness (QED) is 0.533. The number of benzene rings is 2. The van der Waals surface area contributed by atoms with Gasteiger partial charge in [-0.3, -0.25) is 15.0 Å². The minimum Gasteiger partial charge on any atom is -0.497 e. The van der Waals surface area contributed by atoms with Crippen molar-refractivity contribution in [3.8, 4) is 17.2 Å². The van der Waals surface area contributed by atoms with Crippen LogP contribution in [0.25, 0.3) is 0 Å². The highest BCUT2D eigenvalue weighted by Gasteiger charge is 2.22. The first kappa shape index (κ1) is 20.7. The third-order valence-corrected chi connectivity index (χ3v) is 5.22. The Morgan fingerprint density at radius 3 is 2.38 bits per heavy atom. The smallest absolute Gasteiger partial charge is 0.273 e. The van der Waals surface area contributed by atoms with E-state index in [-0.39, 0.29) is 11.7 Å². The fraction of sp³-hybridized carbons (Fsp3) is 0.429. The van der Waals surface area contributed by atoms with Gasteiger partial charge in [0.25, 0.3) is 5.69 Å². The molecule has 0 aromatic heterocycles. The minimum absolute atomic E-state index is 0.0226. The highest BCUT2D eigenvalue weighted by Crippen LogP contribution is 2.31. The molecule has 0 saturated carbocycles. The Balaban J connectivity index is 1.59. The van der Waals surface area contributed by atoms with Crippen LogP contribution in [0.5, 0.6) is 17.2 Å². The summed E-state index contributed by atoms with van der Waals surface area (Å²) >= 11 is 0. The van der Waals surface area contributed by atoms with Crippen molar-refractivity contribution >= 4 is 11.4 Å². The maximum Gasteiger partial charge on any atom is 0.273 e. The highest BCUT2D eigenvalue weighted by molar-refractivity contribution is 5.61. The van der Waals surface area contributed by atoms with Gasteiger partial charge in [-0.15, -0.1) is 0 Å². The van der Waals surface area contributed by atoms with Crippen LogP contribution in [0.15, 0.2) is 36.4 Å². The molecule has 156 valence electrons. The molecule has 8 heteroatoms. The van der Waals surface area contributed by atoms with E-state index in [1.54, 1.807) is 20.3 Å². The number of nitro groups is 1. The summed E-state index contributed by atoms with van der Waals surface area (Å²) in [5, 5.41) is 14.4. The number of methoxy groups -OCH3 is 3. The lowest BCUT2D eigenvalue weighted by Crippen LogP contribution is -2.38. The first-order chi connectivity index (χ1) is 14.0. The maximum absolute atomic E-state index is 10.9. The molecule has 0 bridgehead atoms. The van der Waals surface area contributed by atoms with Crippen molar-refractivity contribution in [3.63, 3.8) is 0 Å². The number of rotatable bonds is 8. The highest BCUT2D eigenvalue weighted by atomic mass is 16.6. The Kier molecular flexibility index (Phi) is 6.77. The zero-order valence-electron chi connectivity index (χ0n) is 17.0. The van der Waals surface area contributed by atoms with Crippen molar-refractivity contribution in [3.05, 3.63) is 52.1 Å². The number of hydrogen-bond donors (Lipinski definition) is 1. The zero-order chi connectivity index (χ0) is 20.8. The standard InChI is InChI=1S/C21H27N3O5/c1-27-18-5-7-20(28-2)15(12-18)14-23-10-8-16(9-11-23)22-19-6-4-17(24(25)26)13-21(19)29-3/h4-7,12-13,16,22H,8-11,14H2,1-3H3. The first-order valence-corrected chi connectivity index (χ1v) is 9.56.